The molecule has 0 amide bonds. The number of rotatable bonds is 15. The quantitative estimate of drug-likeness (QED) is 0.184. The van der Waals surface area contributed by atoms with Crippen LogP contribution in [0.25, 0.3) is 0 Å². The third-order valence-corrected chi connectivity index (χ3v) is 4.13. The monoisotopic (exact) mass is 380 g/mol. The van der Waals surface area contributed by atoms with E-state index in [2.05, 4.69) is 11.4 Å². The van der Waals surface area contributed by atoms with Crippen LogP contribution in [0.2, 0.25) is 0 Å². The summed E-state index contributed by atoms with van der Waals surface area (Å²) in [5, 5.41) is 0. The summed E-state index contributed by atoms with van der Waals surface area (Å²) in [5.74, 6) is -0.934. The Morgan fingerprint density at radius 1 is 0.750 bits per heavy atom. The smallest absolute Gasteiger partial charge is 0.780 e. The predicted molar refractivity (Wildman–Crippen MR) is 84.0 cm³/mol. The van der Waals surface area contributed by atoms with Crippen LogP contribution < -0.4 is 68.9 Å². The largest absolute Gasteiger partial charge is 1.00 e. The molecule has 0 aliphatic rings. The number of phosphoric acid groups is 1. The minimum Gasteiger partial charge on any atom is -0.780 e. The van der Waals surface area contributed by atoms with Crippen molar-refractivity contribution >= 4 is 13.8 Å². The molecule has 0 rings (SSSR count). The van der Waals surface area contributed by atoms with E-state index in [1.807, 2.05) is 0 Å². The van der Waals surface area contributed by atoms with Gasteiger partial charge in [0, 0.05) is 6.42 Å². The van der Waals surface area contributed by atoms with E-state index in [4.69, 9.17) is 0 Å². The van der Waals surface area contributed by atoms with Crippen molar-refractivity contribution < 1.29 is 82.8 Å². The van der Waals surface area contributed by atoms with Crippen LogP contribution in [-0.2, 0) is 13.9 Å². The summed E-state index contributed by atoms with van der Waals surface area (Å²) in [5.41, 5.74) is 0. The van der Waals surface area contributed by atoms with Crippen LogP contribution in [0.4, 0.5) is 0 Å². The van der Waals surface area contributed by atoms with Gasteiger partial charge in [0.25, 0.3) is 0 Å². The third kappa shape index (κ3) is 25.9. The zero-order valence-corrected chi connectivity index (χ0v) is 20.8. The first-order chi connectivity index (χ1) is 10.5. The number of hydrogen-bond acceptors (Lipinski definition) is 5. The Morgan fingerprint density at radius 3 is 1.42 bits per heavy atom. The summed E-state index contributed by atoms with van der Waals surface area (Å²) in [7, 11) is -5.16. The van der Waals surface area contributed by atoms with Gasteiger partial charge in [-0.05, 0) is 6.42 Å². The second-order valence-corrected chi connectivity index (χ2v) is 6.98. The van der Waals surface area contributed by atoms with Crippen molar-refractivity contribution in [2.75, 3.05) is 0 Å². The van der Waals surface area contributed by atoms with E-state index in [-0.39, 0.29) is 65.5 Å². The summed E-state index contributed by atoms with van der Waals surface area (Å²) >= 11 is 0. The molecule has 0 N–H and O–H groups in total. The molecule has 0 saturated carbocycles. The van der Waals surface area contributed by atoms with E-state index < -0.39 is 13.8 Å². The van der Waals surface area contributed by atoms with Gasteiger partial charge in [-0.3, -0.25) is 4.79 Å². The predicted octanol–water partition coefficient (Wildman–Crippen LogP) is -2.15. The van der Waals surface area contributed by atoms with Crippen molar-refractivity contribution in [3.05, 3.63) is 0 Å². The standard InChI is InChI=1S/C16H33O5P.2Na/c1-2-3-4-5-6-7-8-9-10-11-12-13-14-15-16(17)21-22(18,19)20;;/h2-15H2,1H3,(H2,18,19,20);;/q;2*+1/p-2. The van der Waals surface area contributed by atoms with Gasteiger partial charge in [-0.1, -0.05) is 84.0 Å². The number of unbranched alkanes of at least 4 members (excludes halogenated alkanes) is 12. The summed E-state index contributed by atoms with van der Waals surface area (Å²) in [6, 6.07) is 0. The number of phosphoric ester groups is 1. The molecule has 0 radical (unpaired) electrons. The Hall–Kier alpha value is 1.62. The van der Waals surface area contributed by atoms with Gasteiger partial charge in [0.15, 0.2) is 0 Å². The van der Waals surface area contributed by atoms with Gasteiger partial charge >= 0.3 is 65.1 Å². The summed E-state index contributed by atoms with van der Waals surface area (Å²) < 4.78 is 14.0. The van der Waals surface area contributed by atoms with Crippen molar-refractivity contribution in [1.82, 2.24) is 0 Å². The number of carbonyl (C=O) groups excluding carboxylic acids is 1. The molecule has 0 saturated heterocycles. The zero-order valence-electron chi connectivity index (χ0n) is 15.9. The molecule has 0 aliphatic carbocycles. The molecule has 0 aromatic rings. The zero-order chi connectivity index (χ0) is 16.7. The fourth-order valence-corrected chi connectivity index (χ4v) is 2.80. The van der Waals surface area contributed by atoms with Crippen molar-refractivity contribution in [2.24, 2.45) is 0 Å². The summed E-state index contributed by atoms with van der Waals surface area (Å²) in [4.78, 5) is 31.4. The van der Waals surface area contributed by atoms with E-state index in [0.717, 1.165) is 19.3 Å². The molecule has 0 aromatic heterocycles. The molecule has 0 aromatic carbocycles. The van der Waals surface area contributed by atoms with Gasteiger partial charge in [0.2, 0.25) is 0 Å². The second-order valence-electron chi connectivity index (χ2n) is 5.90. The molecule has 0 bridgehead atoms. The number of carbonyl (C=O) groups is 1. The average molecular weight is 380 g/mol. The molecule has 5 nitrogen and oxygen atoms in total. The molecule has 132 valence electrons. The van der Waals surface area contributed by atoms with E-state index in [0.29, 0.717) is 6.42 Å². The molecular formula is C16H31Na2O5P. The average Bonchev–Trinajstić information content (AvgIpc) is 2.42. The molecule has 0 heterocycles. The molecule has 0 fully saturated rings. The Morgan fingerprint density at radius 2 is 1.08 bits per heavy atom. The first-order valence-corrected chi connectivity index (χ1v) is 10.2. The van der Waals surface area contributed by atoms with Crippen LogP contribution in [0.3, 0.4) is 0 Å². The Bertz CT molecular complexity index is 324. The first-order valence-electron chi connectivity index (χ1n) is 8.70. The van der Waals surface area contributed by atoms with Gasteiger partial charge in [0.1, 0.15) is 7.82 Å². The van der Waals surface area contributed by atoms with Crippen molar-refractivity contribution in [3.63, 3.8) is 0 Å². The fraction of sp³-hybridized carbons (Fsp3) is 0.938. The maximum atomic E-state index is 11.0. The van der Waals surface area contributed by atoms with Crippen LogP contribution in [0.1, 0.15) is 96.8 Å². The van der Waals surface area contributed by atoms with E-state index >= 15 is 0 Å². The minimum atomic E-state index is -5.16. The van der Waals surface area contributed by atoms with Crippen LogP contribution in [0, 0.1) is 0 Å². The maximum Gasteiger partial charge on any atom is 1.00 e. The van der Waals surface area contributed by atoms with Gasteiger partial charge in [-0.25, -0.2) is 0 Å². The molecule has 24 heavy (non-hydrogen) atoms. The first kappa shape index (κ1) is 30.4. The normalized spacial score (nSPS) is 10.6. The van der Waals surface area contributed by atoms with Crippen LogP contribution in [0.5, 0.6) is 0 Å². The topological polar surface area (TPSA) is 89.5 Å². The van der Waals surface area contributed by atoms with Crippen LogP contribution in [0.15, 0.2) is 0 Å². The van der Waals surface area contributed by atoms with Crippen molar-refractivity contribution in [3.8, 4) is 0 Å². The van der Waals surface area contributed by atoms with E-state index in [9.17, 15) is 19.1 Å². The molecule has 0 aliphatic heterocycles. The third-order valence-electron chi connectivity index (χ3n) is 3.70. The Labute approximate surface area is 191 Å². The van der Waals surface area contributed by atoms with Gasteiger partial charge in [0.05, 0.1) is 0 Å². The molecular weight excluding hydrogens is 349 g/mol. The van der Waals surface area contributed by atoms with E-state index in [1.165, 1.54) is 57.8 Å². The van der Waals surface area contributed by atoms with Gasteiger partial charge < -0.3 is 18.9 Å². The van der Waals surface area contributed by atoms with E-state index in [1.54, 1.807) is 0 Å². The maximum absolute atomic E-state index is 11.0. The molecule has 0 spiro atoms. The van der Waals surface area contributed by atoms with Gasteiger partial charge in [-0.15, -0.1) is 0 Å². The van der Waals surface area contributed by atoms with Crippen LogP contribution >= 0.6 is 7.82 Å². The second kappa shape index (κ2) is 20.9. The van der Waals surface area contributed by atoms with Crippen molar-refractivity contribution in [2.45, 2.75) is 96.8 Å². The number of hydrogen-bond donors (Lipinski definition) is 0. The summed E-state index contributed by atoms with van der Waals surface area (Å²) in [6.07, 6.45) is 15.5. The molecule has 8 heteroatoms. The van der Waals surface area contributed by atoms with Crippen molar-refractivity contribution in [1.29, 1.82) is 0 Å². The Balaban J connectivity index is -0.00000220. The van der Waals surface area contributed by atoms with Gasteiger partial charge in [-0.2, -0.15) is 0 Å². The Kier molecular flexibility index (Phi) is 26.5. The molecule has 0 atom stereocenters. The van der Waals surface area contributed by atoms with Crippen LogP contribution in [-0.4, -0.2) is 5.97 Å². The fourth-order valence-electron chi connectivity index (χ4n) is 2.46. The molecule has 0 unspecified atom stereocenters. The SMILES string of the molecule is CCCCCCCCCCCCCCCC(=O)OP(=O)([O-])[O-].[Na+].[Na+]. The summed E-state index contributed by atoms with van der Waals surface area (Å²) in [6.45, 7) is 2.23. The minimum absolute atomic E-state index is 0.